The molecule has 2 N–H and O–H groups in total. The first kappa shape index (κ1) is 13.7. The average Bonchev–Trinajstić information content (AvgIpc) is 2.34. The molecule has 1 fully saturated rings. The first-order valence-corrected chi connectivity index (χ1v) is 7.14. The number of urea groups is 1. The van der Waals surface area contributed by atoms with Gasteiger partial charge in [-0.1, -0.05) is 6.58 Å². The highest BCUT2D eigenvalue weighted by Crippen LogP contribution is 2.10. The second kappa shape index (κ2) is 7.07. The van der Waals surface area contributed by atoms with Gasteiger partial charge in [0.1, 0.15) is 0 Å². The van der Waals surface area contributed by atoms with E-state index in [1.807, 2.05) is 5.48 Å². The summed E-state index contributed by atoms with van der Waals surface area (Å²) in [5, 5.41) is 0. The summed E-state index contributed by atoms with van der Waals surface area (Å²) in [6.45, 7) is 5.67. The number of hydroxylamine groups is 1. The van der Waals surface area contributed by atoms with E-state index in [2.05, 4.69) is 16.4 Å². The molecular weight excluding hydrogens is 240 g/mol. The van der Waals surface area contributed by atoms with E-state index in [1.165, 1.54) is 6.92 Å². The van der Waals surface area contributed by atoms with Gasteiger partial charge in [0.15, 0.2) is 9.68 Å². The summed E-state index contributed by atoms with van der Waals surface area (Å²) in [5.41, 5.74) is 2.44. The summed E-state index contributed by atoms with van der Waals surface area (Å²) in [4.78, 5) is 29.4. The summed E-state index contributed by atoms with van der Waals surface area (Å²) in [6, 6.07) is -0.500. The quantitative estimate of drug-likeness (QED) is 0.422. The molecule has 7 heteroatoms. The topological polar surface area (TPSA) is 76.7 Å². The average molecular weight is 258 g/mol. The number of hydrogen-bond donors (Lipinski definition) is 2. The highest BCUT2D eigenvalue weighted by molar-refractivity contribution is 6.38. The van der Waals surface area contributed by atoms with Crippen LogP contribution >= 0.6 is 0 Å². The Bertz CT molecular complexity index is 303. The Morgan fingerprint density at radius 2 is 2.24 bits per heavy atom. The summed E-state index contributed by atoms with van der Waals surface area (Å²) in [5.74, 6) is -0.643. The van der Waals surface area contributed by atoms with E-state index in [0.717, 1.165) is 25.9 Å². The van der Waals surface area contributed by atoms with Crippen LogP contribution in [0.25, 0.3) is 0 Å². The van der Waals surface area contributed by atoms with Crippen LogP contribution in [0, 0.1) is 0 Å². The van der Waals surface area contributed by atoms with Gasteiger partial charge in [-0.25, -0.2) is 9.59 Å². The number of hydrogen-bond acceptors (Lipinski definition) is 4. The number of amides is 2. The van der Waals surface area contributed by atoms with E-state index >= 15 is 0 Å². The van der Waals surface area contributed by atoms with Crippen LogP contribution in [0.15, 0.2) is 12.2 Å². The highest BCUT2D eigenvalue weighted by atomic mass is 28.2. The second-order valence-corrected chi connectivity index (χ2v) is 5.64. The SMILES string of the molecule is C=C(C)C(=O)ONC(=O)N[SiH2]C1CCCCO1. The minimum absolute atomic E-state index is 0.186. The van der Waals surface area contributed by atoms with E-state index in [4.69, 9.17) is 4.74 Å². The van der Waals surface area contributed by atoms with Crippen molar-refractivity contribution in [3.63, 3.8) is 0 Å². The zero-order chi connectivity index (χ0) is 12.7. The van der Waals surface area contributed by atoms with Crippen LogP contribution in [0.3, 0.4) is 0 Å². The van der Waals surface area contributed by atoms with Crippen LogP contribution in [0.2, 0.25) is 0 Å². The molecule has 1 unspecified atom stereocenters. The Kier molecular flexibility index (Phi) is 5.71. The maximum atomic E-state index is 11.3. The Labute approximate surface area is 103 Å². The molecule has 1 heterocycles. The predicted molar refractivity (Wildman–Crippen MR) is 64.7 cm³/mol. The van der Waals surface area contributed by atoms with Gasteiger partial charge < -0.3 is 14.6 Å². The molecule has 1 rings (SSSR count). The predicted octanol–water partition coefficient (Wildman–Crippen LogP) is -0.0697. The monoisotopic (exact) mass is 258 g/mol. The van der Waals surface area contributed by atoms with Gasteiger partial charge in [0.2, 0.25) is 0 Å². The summed E-state index contributed by atoms with van der Waals surface area (Å²) < 4.78 is 5.49. The maximum Gasteiger partial charge on any atom is 0.358 e. The fourth-order valence-electron chi connectivity index (χ4n) is 1.39. The number of carbonyl (C=O) groups is 2. The third-order valence-electron chi connectivity index (χ3n) is 2.35. The van der Waals surface area contributed by atoms with Gasteiger partial charge in [0.05, 0.1) is 5.73 Å². The highest BCUT2D eigenvalue weighted by Gasteiger charge is 2.15. The molecule has 0 aromatic rings. The van der Waals surface area contributed by atoms with Gasteiger partial charge in [-0.3, -0.25) is 0 Å². The fourth-order valence-corrected chi connectivity index (χ4v) is 2.65. The maximum absolute atomic E-state index is 11.3. The van der Waals surface area contributed by atoms with Crippen molar-refractivity contribution in [2.24, 2.45) is 0 Å². The first-order valence-electron chi connectivity index (χ1n) is 5.61. The van der Waals surface area contributed by atoms with Crippen LogP contribution in [0.1, 0.15) is 26.2 Å². The summed E-state index contributed by atoms with van der Waals surface area (Å²) in [7, 11) is -0.844. The minimum Gasteiger partial charge on any atom is -0.380 e. The number of ether oxygens (including phenoxy) is 1. The number of rotatable bonds is 3. The number of carbonyl (C=O) groups excluding carboxylic acids is 2. The lowest BCUT2D eigenvalue weighted by Crippen LogP contribution is -2.44. The van der Waals surface area contributed by atoms with Crippen LogP contribution in [0.5, 0.6) is 0 Å². The molecule has 0 aliphatic carbocycles. The second-order valence-electron chi connectivity index (χ2n) is 3.97. The van der Waals surface area contributed by atoms with Crippen molar-refractivity contribution >= 4 is 21.7 Å². The molecule has 6 nitrogen and oxygen atoms in total. The van der Waals surface area contributed by atoms with Crippen molar-refractivity contribution in [3.05, 3.63) is 12.2 Å². The molecule has 1 saturated heterocycles. The van der Waals surface area contributed by atoms with E-state index in [1.54, 1.807) is 0 Å². The van der Waals surface area contributed by atoms with Crippen molar-refractivity contribution in [2.75, 3.05) is 6.61 Å². The normalized spacial score (nSPS) is 19.9. The van der Waals surface area contributed by atoms with Crippen LogP contribution < -0.4 is 10.5 Å². The Balaban J connectivity index is 2.12. The summed E-state index contributed by atoms with van der Waals surface area (Å²) in [6.07, 6.45) is 3.23. The Morgan fingerprint density at radius 1 is 1.47 bits per heavy atom. The lowest BCUT2D eigenvalue weighted by molar-refractivity contribution is -0.143. The third kappa shape index (κ3) is 5.50. The molecule has 0 saturated carbocycles. The summed E-state index contributed by atoms with van der Waals surface area (Å²) >= 11 is 0. The fraction of sp³-hybridized carbons (Fsp3) is 0.600. The lowest BCUT2D eigenvalue weighted by Gasteiger charge is -2.22. The van der Waals surface area contributed by atoms with Gasteiger partial charge in [-0.2, -0.15) is 5.48 Å². The molecule has 1 atom stereocenters. The van der Waals surface area contributed by atoms with Gasteiger partial charge in [0.25, 0.3) is 0 Å². The van der Waals surface area contributed by atoms with Crippen molar-refractivity contribution in [1.29, 1.82) is 0 Å². The Morgan fingerprint density at radius 3 is 2.82 bits per heavy atom. The molecule has 0 radical (unpaired) electrons. The van der Waals surface area contributed by atoms with Gasteiger partial charge in [-0.15, -0.1) is 0 Å². The lowest BCUT2D eigenvalue weighted by atomic mass is 10.2. The van der Waals surface area contributed by atoms with Crippen LogP contribution in [-0.2, 0) is 14.4 Å². The van der Waals surface area contributed by atoms with Gasteiger partial charge in [0, 0.05) is 12.2 Å². The first-order chi connectivity index (χ1) is 8.09. The van der Waals surface area contributed by atoms with E-state index in [0.29, 0.717) is 0 Å². The van der Waals surface area contributed by atoms with Crippen molar-refractivity contribution < 1.29 is 19.2 Å². The zero-order valence-electron chi connectivity index (χ0n) is 9.95. The molecule has 96 valence electrons. The number of nitrogens with one attached hydrogen (secondary N) is 2. The molecule has 2 amide bonds. The molecule has 0 aromatic carbocycles. The smallest absolute Gasteiger partial charge is 0.358 e. The van der Waals surface area contributed by atoms with Crippen LogP contribution in [0.4, 0.5) is 4.79 Å². The van der Waals surface area contributed by atoms with E-state index in [9.17, 15) is 9.59 Å². The van der Waals surface area contributed by atoms with Crippen molar-refractivity contribution in [2.45, 2.75) is 31.9 Å². The van der Waals surface area contributed by atoms with Crippen LogP contribution in [-0.4, -0.2) is 34.0 Å². The molecule has 0 spiro atoms. The zero-order valence-corrected chi connectivity index (χ0v) is 11.4. The molecule has 1 aliphatic rings. The van der Waals surface area contributed by atoms with Crippen molar-refractivity contribution in [1.82, 2.24) is 10.5 Å². The van der Waals surface area contributed by atoms with E-state index < -0.39 is 21.7 Å². The third-order valence-corrected chi connectivity index (χ3v) is 3.97. The molecule has 17 heavy (non-hydrogen) atoms. The van der Waals surface area contributed by atoms with Gasteiger partial charge >= 0.3 is 12.0 Å². The van der Waals surface area contributed by atoms with Gasteiger partial charge in [-0.05, 0) is 26.2 Å². The van der Waals surface area contributed by atoms with Crippen molar-refractivity contribution in [3.8, 4) is 0 Å². The minimum atomic E-state index is -0.844. The van der Waals surface area contributed by atoms with E-state index in [-0.39, 0.29) is 11.3 Å². The standard InChI is InChI=1S/C10H18N2O4Si/c1-7(2)9(13)16-11-10(14)12-17-8-5-3-4-6-15-8/h8H,1,3-6,17H2,2H3,(H2,11,12,14). The molecule has 0 aromatic heterocycles. The Hall–Kier alpha value is -1.34. The molecular formula is C10H18N2O4Si. The largest absolute Gasteiger partial charge is 0.380 e. The molecule has 1 aliphatic heterocycles. The molecule has 0 bridgehead atoms.